The van der Waals surface area contributed by atoms with E-state index in [4.69, 9.17) is 0 Å². The summed E-state index contributed by atoms with van der Waals surface area (Å²) in [7, 11) is 0. The molecule has 0 atom stereocenters. The third kappa shape index (κ3) is 10.9. The van der Waals surface area contributed by atoms with Gasteiger partial charge in [-0.15, -0.1) is 0 Å². The van der Waals surface area contributed by atoms with Crippen LogP contribution in [0.15, 0.2) is 0 Å². The van der Waals surface area contributed by atoms with Gasteiger partial charge in [0.25, 0.3) is 0 Å². The SMILES string of the molecule is CCNCC=O.[CaH2]. The number of rotatable bonds is 3. The summed E-state index contributed by atoms with van der Waals surface area (Å²) in [6, 6.07) is 0. The Bertz CT molecular complexity index is 40.7. The molecule has 0 aliphatic rings. The molecule has 3 heteroatoms. The third-order valence-electron chi connectivity index (χ3n) is 0.478. The molecule has 0 saturated heterocycles. The van der Waals surface area contributed by atoms with Crippen molar-refractivity contribution in [2.75, 3.05) is 13.1 Å². The van der Waals surface area contributed by atoms with Gasteiger partial charge in [0.15, 0.2) is 0 Å². The quantitative estimate of drug-likeness (QED) is 0.297. The van der Waals surface area contributed by atoms with Crippen LogP contribution in [0.2, 0.25) is 0 Å². The minimum atomic E-state index is 0. The van der Waals surface area contributed by atoms with Crippen molar-refractivity contribution >= 4 is 44.0 Å². The van der Waals surface area contributed by atoms with E-state index in [1.807, 2.05) is 6.92 Å². The number of carbonyl (C=O) groups is 1. The summed E-state index contributed by atoms with van der Waals surface area (Å²) in [6.07, 6.45) is 0.851. The molecule has 0 aliphatic carbocycles. The number of aldehydes is 1. The summed E-state index contributed by atoms with van der Waals surface area (Å²) in [4.78, 5) is 9.50. The van der Waals surface area contributed by atoms with Crippen molar-refractivity contribution in [2.45, 2.75) is 6.92 Å². The monoisotopic (exact) mass is 129 g/mol. The van der Waals surface area contributed by atoms with Gasteiger partial charge >= 0.3 is 37.7 Å². The molecule has 2 nitrogen and oxygen atoms in total. The fourth-order valence-corrected chi connectivity index (χ4v) is 0.203. The molecular formula is C4H11CaNO. The second-order valence-corrected chi connectivity index (χ2v) is 0.974. The van der Waals surface area contributed by atoms with Gasteiger partial charge in [0, 0.05) is 0 Å². The average molecular weight is 129 g/mol. The summed E-state index contributed by atoms with van der Waals surface area (Å²) < 4.78 is 0. The standard InChI is InChI=1S/C4H9NO.Ca.2H/c1-2-5-3-4-6;;;/h4-5H,2-3H2,1H3;;;. The van der Waals surface area contributed by atoms with Gasteiger partial charge in [0.1, 0.15) is 6.29 Å². The predicted octanol–water partition coefficient (Wildman–Crippen LogP) is -1.12. The van der Waals surface area contributed by atoms with Gasteiger partial charge in [-0.25, -0.2) is 0 Å². The van der Waals surface area contributed by atoms with Crippen LogP contribution in [0, 0.1) is 0 Å². The molecule has 7 heavy (non-hydrogen) atoms. The first kappa shape index (κ1) is 10.8. The van der Waals surface area contributed by atoms with Gasteiger partial charge in [0.05, 0.1) is 6.54 Å². The van der Waals surface area contributed by atoms with Crippen LogP contribution in [-0.4, -0.2) is 57.1 Å². The molecule has 0 spiro atoms. The van der Waals surface area contributed by atoms with E-state index in [0.717, 1.165) is 12.8 Å². The normalized spacial score (nSPS) is 7.00. The second-order valence-electron chi connectivity index (χ2n) is 0.974. The summed E-state index contributed by atoms with van der Waals surface area (Å²) in [5.74, 6) is 0. The summed E-state index contributed by atoms with van der Waals surface area (Å²) in [5, 5.41) is 2.83. The van der Waals surface area contributed by atoms with E-state index < -0.39 is 0 Å². The zero-order valence-electron chi connectivity index (χ0n) is 3.90. The van der Waals surface area contributed by atoms with Gasteiger partial charge in [-0.05, 0) is 6.54 Å². The van der Waals surface area contributed by atoms with Crippen LogP contribution in [0.1, 0.15) is 6.92 Å². The summed E-state index contributed by atoms with van der Waals surface area (Å²) >= 11 is 0. The molecule has 0 aromatic carbocycles. The number of nitrogens with one attached hydrogen (secondary N) is 1. The van der Waals surface area contributed by atoms with Crippen molar-refractivity contribution in [1.82, 2.24) is 5.32 Å². The molecule has 0 aromatic rings. The Morgan fingerprint density at radius 3 is 2.43 bits per heavy atom. The van der Waals surface area contributed by atoms with E-state index in [0.29, 0.717) is 6.54 Å². The molecule has 0 aliphatic heterocycles. The summed E-state index contributed by atoms with van der Waals surface area (Å²) in [6.45, 7) is 3.32. The molecule has 0 heterocycles. The van der Waals surface area contributed by atoms with E-state index >= 15 is 0 Å². The predicted molar refractivity (Wildman–Crippen MR) is 33.2 cm³/mol. The van der Waals surface area contributed by atoms with Crippen molar-refractivity contribution in [1.29, 1.82) is 0 Å². The van der Waals surface area contributed by atoms with E-state index in [9.17, 15) is 4.79 Å². The molecule has 0 unspecified atom stereocenters. The number of likely N-dealkylation sites (N-methyl/N-ethyl adjacent to an activating group) is 1. The van der Waals surface area contributed by atoms with E-state index in [1.165, 1.54) is 0 Å². The van der Waals surface area contributed by atoms with Crippen molar-refractivity contribution in [2.24, 2.45) is 0 Å². The maximum absolute atomic E-state index is 9.50. The van der Waals surface area contributed by atoms with Crippen LogP contribution in [0.4, 0.5) is 0 Å². The van der Waals surface area contributed by atoms with Crippen molar-refractivity contribution in [3.05, 3.63) is 0 Å². The molecule has 40 valence electrons. The van der Waals surface area contributed by atoms with Crippen LogP contribution in [0.3, 0.4) is 0 Å². The minimum absolute atomic E-state index is 0. The Labute approximate surface area is 73.7 Å². The molecule has 0 radical (unpaired) electrons. The third-order valence-corrected chi connectivity index (χ3v) is 0.478. The molecule has 0 saturated carbocycles. The van der Waals surface area contributed by atoms with E-state index in [2.05, 4.69) is 5.32 Å². The average Bonchev–Trinajstić information content (AvgIpc) is 1.61. The van der Waals surface area contributed by atoms with Gasteiger partial charge in [-0.3, -0.25) is 0 Å². The Hall–Kier alpha value is 0.890. The zero-order valence-corrected chi connectivity index (χ0v) is 3.90. The summed E-state index contributed by atoms with van der Waals surface area (Å²) in [5.41, 5.74) is 0. The molecule has 0 amide bonds. The van der Waals surface area contributed by atoms with E-state index in [-0.39, 0.29) is 37.7 Å². The van der Waals surface area contributed by atoms with Gasteiger partial charge < -0.3 is 10.1 Å². The molecule has 0 fully saturated rings. The van der Waals surface area contributed by atoms with Crippen LogP contribution in [0.25, 0.3) is 0 Å². The number of hydrogen-bond donors (Lipinski definition) is 1. The number of hydrogen-bond acceptors (Lipinski definition) is 2. The second kappa shape index (κ2) is 10.00. The zero-order chi connectivity index (χ0) is 4.83. The van der Waals surface area contributed by atoms with Crippen molar-refractivity contribution < 1.29 is 4.79 Å². The molecule has 0 aromatic heterocycles. The van der Waals surface area contributed by atoms with Crippen LogP contribution >= 0.6 is 0 Å². The van der Waals surface area contributed by atoms with Gasteiger partial charge in [-0.1, -0.05) is 6.92 Å². The first-order valence-corrected chi connectivity index (χ1v) is 2.06. The van der Waals surface area contributed by atoms with Crippen LogP contribution < -0.4 is 5.32 Å². The fraction of sp³-hybridized carbons (Fsp3) is 0.750. The topological polar surface area (TPSA) is 29.1 Å². The van der Waals surface area contributed by atoms with Crippen LogP contribution in [-0.2, 0) is 4.79 Å². The van der Waals surface area contributed by atoms with Gasteiger partial charge in [-0.2, -0.15) is 0 Å². The first-order valence-electron chi connectivity index (χ1n) is 2.06. The van der Waals surface area contributed by atoms with Crippen LogP contribution in [0.5, 0.6) is 0 Å². The first-order chi connectivity index (χ1) is 2.91. The molecule has 1 N–H and O–H groups in total. The molecule has 0 rings (SSSR count). The van der Waals surface area contributed by atoms with E-state index in [1.54, 1.807) is 0 Å². The number of carbonyl (C=O) groups excluding carboxylic acids is 1. The van der Waals surface area contributed by atoms with Gasteiger partial charge in [0.2, 0.25) is 0 Å². The molecular weight excluding hydrogens is 118 g/mol. The Kier molecular flexibility index (Phi) is 15.4. The van der Waals surface area contributed by atoms with Crippen molar-refractivity contribution in [3.63, 3.8) is 0 Å². The Balaban J connectivity index is 0. The van der Waals surface area contributed by atoms with Crippen molar-refractivity contribution in [3.8, 4) is 0 Å². The molecule has 0 bridgehead atoms. The Morgan fingerprint density at radius 1 is 1.71 bits per heavy atom. The fourth-order valence-electron chi connectivity index (χ4n) is 0.203. The maximum atomic E-state index is 9.50. The Morgan fingerprint density at radius 2 is 2.29 bits per heavy atom.